The van der Waals surface area contributed by atoms with Gasteiger partial charge in [-0.2, -0.15) is 4.98 Å². The van der Waals surface area contributed by atoms with Crippen LogP contribution < -0.4 is 5.73 Å². The first-order valence-electron chi connectivity index (χ1n) is 6.72. The monoisotopic (exact) mass is 291 g/mol. The third-order valence-electron chi connectivity index (χ3n) is 2.88. The SMILES string of the molecule is Cc1ccc(SCc2noc(CCC(C)(C)N)n2)cc1. The first-order valence-corrected chi connectivity index (χ1v) is 7.71. The minimum atomic E-state index is -0.203. The summed E-state index contributed by atoms with van der Waals surface area (Å²) in [6, 6.07) is 8.43. The Labute approximate surface area is 124 Å². The Bertz CT molecular complexity index is 543. The highest BCUT2D eigenvalue weighted by Crippen LogP contribution is 2.22. The van der Waals surface area contributed by atoms with Gasteiger partial charge in [-0.15, -0.1) is 11.8 Å². The molecule has 1 aromatic carbocycles. The summed E-state index contributed by atoms with van der Waals surface area (Å²) in [4.78, 5) is 5.60. The van der Waals surface area contributed by atoms with Crippen LogP contribution in [0.1, 0.15) is 37.5 Å². The fourth-order valence-electron chi connectivity index (χ4n) is 1.66. The van der Waals surface area contributed by atoms with Gasteiger partial charge < -0.3 is 10.3 Å². The van der Waals surface area contributed by atoms with E-state index in [-0.39, 0.29) is 5.54 Å². The van der Waals surface area contributed by atoms with E-state index in [9.17, 15) is 0 Å². The highest BCUT2D eigenvalue weighted by atomic mass is 32.2. The highest BCUT2D eigenvalue weighted by molar-refractivity contribution is 7.98. The average molecular weight is 291 g/mol. The predicted octanol–water partition coefficient (Wildman–Crippen LogP) is 3.34. The molecule has 0 saturated heterocycles. The zero-order chi connectivity index (χ0) is 14.6. The molecule has 0 aliphatic rings. The maximum absolute atomic E-state index is 5.94. The lowest BCUT2D eigenvalue weighted by molar-refractivity contribution is 0.355. The second-order valence-corrected chi connectivity index (χ2v) is 6.74. The van der Waals surface area contributed by atoms with E-state index >= 15 is 0 Å². The van der Waals surface area contributed by atoms with Crippen molar-refractivity contribution in [3.05, 3.63) is 41.5 Å². The van der Waals surface area contributed by atoms with Crippen molar-refractivity contribution >= 4 is 11.8 Å². The number of rotatable bonds is 6. The summed E-state index contributed by atoms with van der Waals surface area (Å²) >= 11 is 1.71. The molecule has 1 heterocycles. The summed E-state index contributed by atoms with van der Waals surface area (Å²) in [5, 5.41) is 4.00. The van der Waals surface area contributed by atoms with Crippen molar-refractivity contribution in [1.29, 1.82) is 0 Å². The van der Waals surface area contributed by atoms with Gasteiger partial charge in [0, 0.05) is 16.9 Å². The van der Waals surface area contributed by atoms with Gasteiger partial charge in [0.25, 0.3) is 0 Å². The first kappa shape index (κ1) is 15.1. The molecule has 1 aromatic heterocycles. The molecule has 0 spiro atoms. The largest absolute Gasteiger partial charge is 0.339 e. The maximum atomic E-state index is 5.94. The summed E-state index contributed by atoms with van der Waals surface area (Å²) in [6.45, 7) is 6.08. The van der Waals surface area contributed by atoms with Crippen LogP contribution in [0.15, 0.2) is 33.7 Å². The van der Waals surface area contributed by atoms with Crippen LogP contribution in [0.4, 0.5) is 0 Å². The molecule has 0 aliphatic heterocycles. The fourth-order valence-corrected chi connectivity index (χ4v) is 2.40. The van der Waals surface area contributed by atoms with Crippen LogP contribution in [0.5, 0.6) is 0 Å². The van der Waals surface area contributed by atoms with E-state index < -0.39 is 0 Å². The topological polar surface area (TPSA) is 64.9 Å². The van der Waals surface area contributed by atoms with Crippen LogP contribution in [0, 0.1) is 6.92 Å². The number of aromatic nitrogens is 2. The van der Waals surface area contributed by atoms with Crippen LogP contribution in [0.3, 0.4) is 0 Å². The van der Waals surface area contributed by atoms with Crippen molar-refractivity contribution in [2.24, 2.45) is 5.73 Å². The van der Waals surface area contributed by atoms with E-state index in [1.165, 1.54) is 10.5 Å². The van der Waals surface area contributed by atoms with Gasteiger partial charge in [-0.25, -0.2) is 0 Å². The Morgan fingerprint density at radius 1 is 1.25 bits per heavy atom. The molecule has 0 fully saturated rings. The van der Waals surface area contributed by atoms with Crippen molar-refractivity contribution in [1.82, 2.24) is 10.1 Å². The van der Waals surface area contributed by atoms with E-state index in [2.05, 4.69) is 41.3 Å². The van der Waals surface area contributed by atoms with Gasteiger partial charge >= 0.3 is 0 Å². The Morgan fingerprint density at radius 3 is 2.60 bits per heavy atom. The smallest absolute Gasteiger partial charge is 0.226 e. The van der Waals surface area contributed by atoms with Gasteiger partial charge in [0.1, 0.15) is 0 Å². The van der Waals surface area contributed by atoms with Crippen molar-refractivity contribution in [2.45, 2.75) is 49.8 Å². The maximum Gasteiger partial charge on any atom is 0.226 e. The van der Waals surface area contributed by atoms with Gasteiger partial charge in [-0.1, -0.05) is 22.9 Å². The Morgan fingerprint density at radius 2 is 1.95 bits per heavy atom. The van der Waals surface area contributed by atoms with Gasteiger partial charge in [0.15, 0.2) is 5.82 Å². The van der Waals surface area contributed by atoms with E-state index in [0.29, 0.717) is 5.89 Å². The number of hydrogen-bond donors (Lipinski definition) is 1. The zero-order valence-electron chi connectivity index (χ0n) is 12.2. The molecule has 0 saturated carbocycles. The van der Waals surface area contributed by atoms with Crippen LogP contribution in [0.25, 0.3) is 0 Å². The van der Waals surface area contributed by atoms with E-state index in [1.54, 1.807) is 11.8 Å². The van der Waals surface area contributed by atoms with Crippen LogP contribution >= 0.6 is 11.8 Å². The molecule has 20 heavy (non-hydrogen) atoms. The molecule has 0 unspecified atom stereocenters. The number of nitrogens with two attached hydrogens (primary N) is 1. The molecule has 0 bridgehead atoms. The Balaban J connectivity index is 1.85. The molecular formula is C15H21N3OS. The van der Waals surface area contributed by atoms with Gasteiger partial charge in [-0.3, -0.25) is 0 Å². The van der Waals surface area contributed by atoms with E-state index in [0.717, 1.165) is 24.4 Å². The van der Waals surface area contributed by atoms with E-state index in [1.807, 2.05) is 13.8 Å². The average Bonchev–Trinajstić information content (AvgIpc) is 2.83. The van der Waals surface area contributed by atoms with Crippen molar-refractivity contribution in [2.75, 3.05) is 0 Å². The quantitative estimate of drug-likeness (QED) is 0.827. The number of benzene rings is 1. The lowest BCUT2D eigenvalue weighted by Crippen LogP contribution is -2.32. The van der Waals surface area contributed by atoms with Gasteiger partial charge in [0.05, 0.1) is 5.75 Å². The Hall–Kier alpha value is -1.33. The summed E-state index contributed by atoms with van der Waals surface area (Å²) in [5.74, 6) is 2.13. The summed E-state index contributed by atoms with van der Waals surface area (Å²) < 4.78 is 5.24. The number of aryl methyl sites for hydroxylation is 2. The van der Waals surface area contributed by atoms with Crippen molar-refractivity contribution < 1.29 is 4.52 Å². The molecule has 5 heteroatoms. The minimum Gasteiger partial charge on any atom is -0.339 e. The van der Waals surface area contributed by atoms with Gasteiger partial charge in [-0.05, 0) is 39.3 Å². The second kappa shape index (κ2) is 6.41. The van der Waals surface area contributed by atoms with Crippen molar-refractivity contribution in [3.63, 3.8) is 0 Å². The molecule has 4 nitrogen and oxygen atoms in total. The summed E-state index contributed by atoms with van der Waals surface area (Å²) in [7, 11) is 0. The molecule has 2 N–H and O–H groups in total. The predicted molar refractivity (Wildman–Crippen MR) is 81.6 cm³/mol. The lowest BCUT2D eigenvalue weighted by atomic mass is 10.0. The molecule has 2 aromatic rings. The summed E-state index contributed by atoms with van der Waals surface area (Å²) in [6.07, 6.45) is 1.56. The number of thioether (sulfide) groups is 1. The lowest BCUT2D eigenvalue weighted by Gasteiger charge is -2.16. The standard InChI is InChI=1S/C15H21N3OS/c1-11-4-6-12(7-5-11)20-10-13-17-14(19-18-13)8-9-15(2,3)16/h4-7H,8-10,16H2,1-3H3. The molecule has 0 amide bonds. The number of hydrogen-bond acceptors (Lipinski definition) is 5. The number of nitrogens with zero attached hydrogens (tertiary/aromatic N) is 2. The summed E-state index contributed by atoms with van der Waals surface area (Å²) in [5.41, 5.74) is 7.00. The normalized spacial score (nSPS) is 11.8. The molecule has 0 atom stereocenters. The molecule has 108 valence electrons. The highest BCUT2D eigenvalue weighted by Gasteiger charge is 2.14. The van der Waals surface area contributed by atoms with Crippen LogP contribution in [-0.2, 0) is 12.2 Å². The second-order valence-electron chi connectivity index (χ2n) is 5.69. The molecule has 0 aliphatic carbocycles. The Kier molecular flexibility index (Phi) is 4.83. The van der Waals surface area contributed by atoms with Crippen LogP contribution in [0.2, 0.25) is 0 Å². The zero-order valence-corrected chi connectivity index (χ0v) is 13.0. The fraction of sp³-hybridized carbons (Fsp3) is 0.467. The van der Waals surface area contributed by atoms with Crippen LogP contribution in [-0.4, -0.2) is 15.7 Å². The third-order valence-corrected chi connectivity index (χ3v) is 3.89. The molecule has 2 rings (SSSR count). The van der Waals surface area contributed by atoms with E-state index in [4.69, 9.17) is 10.3 Å². The van der Waals surface area contributed by atoms with Crippen molar-refractivity contribution in [3.8, 4) is 0 Å². The van der Waals surface area contributed by atoms with Gasteiger partial charge in [0.2, 0.25) is 5.89 Å². The first-order chi connectivity index (χ1) is 9.42. The third kappa shape index (κ3) is 4.98. The minimum absolute atomic E-state index is 0.203. The molecular weight excluding hydrogens is 270 g/mol. The molecule has 0 radical (unpaired) electrons.